The van der Waals surface area contributed by atoms with Crippen LogP contribution < -0.4 is 16.3 Å². The molecular formula is C11H14ClN3O2. The zero-order valence-corrected chi connectivity index (χ0v) is 10.1. The van der Waals surface area contributed by atoms with Crippen LogP contribution in [-0.4, -0.2) is 19.1 Å². The zero-order valence-electron chi connectivity index (χ0n) is 9.37. The number of nitrogens with one attached hydrogen (secondary N) is 3. The average Bonchev–Trinajstić information content (AvgIpc) is 2.79. The van der Waals surface area contributed by atoms with Gasteiger partial charge in [0.15, 0.2) is 0 Å². The zero-order chi connectivity index (χ0) is 12.3. The largest absolute Gasteiger partial charge is 0.277 e. The van der Waals surface area contributed by atoms with Crippen molar-refractivity contribution in [3.63, 3.8) is 0 Å². The number of amides is 1. The van der Waals surface area contributed by atoms with Crippen molar-refractivity contribution in [1.29, 1.82) is 0 Å². The van der Waals surface area contributed by atoms with Crippen LogP contribution in [0.25, 0.3) is 0 Å². The van der Waals surface area contributed by atoms with Gasteiger partial charge in [0.25, 0.3) is 5.91 Å². The highest BCUT2D eigenvalue weighted by Crippen LogP contribution is 2.28. The molecule has 2 rings (SSSR count). The summed E-state index contributed by atoms with van der Waals surface area (Å²) in [5.74, 6) is -0.199. The van der Waals surface area contributed by atoms with Crippen LogP contribution >= 0.6 is 11.6 Å². The van der Waals surface area contributed by atoms with Crippen LogP contribution in [0.4, 0.5) is 0 Å². The van der Waals surface area contributed by atoms with Crippen molar-refractivity contribution in [1.82, 2.24) is 16.3 Å². The minimum absolute atomic E-state index is 0.0244. The Bertz CT molecular complexity index is 413. The molecule has 0 aromatic heterocycles. The first kappa shape index (κ1) is 12.3. The first-order chi connectivity index (χ1) is 8.22. The Labute approximate surface area is 104 Å². The van der Waals surface area contributed by atoms with E-state index in [4.69, 9.17) is 11.6 Å². The predicted molar refractivity (Wildman–Crippen MR) is 64.0 cm³/mol. The van der Waals surface area contributed by atoms with E-state index in [-0.39, 0.29) is 18.0 Å². The number of hydroxylamine groups is 1. The molecule has 2 unspecified atom stereocenters. The fourth-order valence-corrected chi connectivity index (χ4v) is 2.13. The van der Waals surface area contributed by atoms with Crippen LogP contribution in [0.3, 0.4) is 0 Å². The van der Waals surface area contributed by atoms with Crippen molar-refractivity contribution in [2.24, 2.45) is 0 Å². The number of rotatable bonds is 3. The number of carbonyl (C=O) groups excluding carboxylic acids is 1. The van der Waals surface area contributed by atoms with Gasteiger partial charge in [0.1, 0.15) is 6.04 Å². The van der Waals surface area contributed by atoms with Crippen LogP contribution in [0.15, 0.2) is 24.3 Å². The minimum Gasteiger partial charge on any atom is -0.277 e. The van der Waals surface area contributed by atoms with Crippen molar-refractivity contribution in [2.45, 2.75) is 18.5 Å². The third kappa shape index (κ3) is 2.76. The van der Waals surface area contributed by atoms with Crippen molar-refractivity contribution in [3.8, 4) is 0 Å². The maximum absolute atomic E-state index is 11.5. The second-order valence-corrected chi connectivity index (χ2v) is 4.23. The molecule has 1 aromatic carbocycles. The lowest BCUT2D eigenvalue weighted by molar-refractivity contribution is -0.133. The van der Waals surface area contributed by atoms with Gasteiger partial charge in [0, 0.05) is 11.1 Å². The van der Waals surface area contributed by atoms with Crippen LogP contribution in [0.2, 0.25) is 5.02 Å². The molecular weight excluding hydrogens is 242 g/mol. The molecule has 1 aliphatic heterocycles. The number of hydrogen-bond acceptors (Lipinski definition) is 4. The van der Waals surface area contributed by atoms with Crippen LogP contribution in [0.5, 0.6) is 0 Å². The van der Waals surface area contributed by atoms with Crippen LogP contribution in [0.1, 0.15) is 18.0 Å². The Morgan fingerprint density at radius 1 is 1.47 bits per heavy atom. The lowest BCUT2D eigenvalue weighted by Crippen LogP contribution is -2.42. The van der Waals surface area contributed by atoms with Gasteiger partial charge in [0.05, 0.1) is 7.11 Å². The summed E-state index contributed by atoms with van der Waals surface area (Å²) in [5, 5.41) is 0.694. The highest BCUT2D eigenvalue weighted by molar-refractivity contribution is 6.31. The van der Waals surface area contributed by atoms with E-state index >= 15 is 0 Å². The normalized spacial score (nSPS) is 23.6. The van der Waals surface area contributed by atoms with E-state index in [1.54, 1.807) is 0 Å². The second kappa shape index (κ2) is 5.46. The molecule has 0 saturated carbocycles. The van der Waals surface area contributed by atoms with Gasteiger partial charge in [-0.15, -0.1) is 0 Å². The Balaban J connectivity index is 2.03. The number of hydrogen-bond donors (Lipinski definition) is 3. The highest BCUT2D eigenvalue weighted by atomic mass is 35.5. The van der Waals surface area contributed by atoms with E-state index in [1.165, 1.54) is 7.11 Å². The van der Waals surface area contributed by atoms with Crippen LogP contribution in [0, 0.1) is 0 Å². The van der Waals surface area contributed by atoms with Crippen molar-refractivity contribution in [3.05, 3.63) is 34.9 Å². The van der Waals surface area contributed by atoms with Gasteiger partial charge >= 0.3 is 0 Å². The molecule has 0 radical (unpaired) electrons. The summed E-state index contributed by atoms with van der Waals surface area (Å²) in [5.41, 5.74) is 9.25. The van der Waals surface area contributed by atoms with E-state index in [1.807, 2.05) is 24.3 Å². The first-order valence-corrected chi connectivity index (χ1v) is 5.68. The summed E-state index contributed by atoms with van der Waals surface area (Å²) in [6, 6.07) is 7.28. The number of hydrazine groups is 1. The summed E-state index contributed by atoms with van der Waals surface area (Å²) in [6.45, 7) is 0. The Morgan fingerprint density at radius 3 is 2.94 bits per heavy atom. The van der Waals surface area contributed by atoms with Gasteiger partial charge in [0.2, 0.25) is 0 Å². The van der Waals surface area contributed by atoms with Gasteiger partial charge in [-0.1, -0.05) is 29.8 Å². The molecule has 0 spiro atoms. The van der Waals surface area contributed by atoms with E-state index in [2.05, 4.69) is 21.2 Å². The maximum atomic E-state index is 11.5. The predicted octanol–water partition coefficient (Wildman–Crippen LogP) is 0.925. The van der Waals surface area contributed by atoms with E-state index in [0.29, 0.717) is 11.4 Å². The molecule has 1 aliphatic rings. The summed E-state index contributed by atoms with van der Waals surface area (Å²) < 4.78 is 0. The molecule has 1 saturated heterocycles. The van der Waals surface area contributed by atoms with E-state index < -0.39 is 0 Å². The molecule has 1 heterocycles. The standard InChI is InChI=1S/C11H14ClN3O2/c1-17-15-11(16)10-6-9(13-14-10)7-4-2-3-5-8(7)12/h2-5,9-10,13-14H,6H2,1H3,(H,15,16). The maximum Gasteiger partial charge on any atom is 0.262 e. The van der Waals surface area contributed by atoms with Gasteiger partial charge in [-0.25, -0.2) is 16.3 Å². The molecule has 17 heavy (non-hydrogen) atoms. The fourth-order valence-electron chi connectivity index (χ4n) is 1.86. The monoisotopic (exact) mass is 255 g/mol. The highest BCUT2D eigenvalue weighted by Gasteiger charge is 2.30. The summed E-state index contributed by atoms with van der Waals surface area (Å²) in [6.07, 6.45) is 0.624. The molecule has 1 fully saturated rings. The number of halogens is 1. The molecule has 0 bridgehead atoms. The summed E-state index contributed by atoms with van der Waals surface area (Å²) in [4.78, 5) is 16.1. The molecule has 1 amide bonds. The quantitative estimate of drug-likeness (QED) is 0.703. The Hall–Kier alpha value is -1.14. The molecule has 1 aromatic rings. The Kier molecular flexibility index (Phi) is 3.96. The molecule has 5 nitrogen and oxygen atoms in total. The molecule has 6 heteroatoms. The summed E-state index contributed by atoms with van der Waals surface area (Å²) >= 11 is 6.10. The third-order valence-electron chi connectivity index (χ3n) is 2.70. The Morgan fingerprint density at radius 2 is 2.24 bits per heavy atom. The SMILES string of the molecule is CONC(=O)C1CC(c2ccccc2Cl)NN1. The van der Waals surface area contributed by atoms with Crippen LogP contribution in [-0.2, 0) is 9.63 Å². The van der Waals surface area contributed by atoms with Gasteiger partial charge < -0.3 is 0 Å². The second-order valence-electron chi connectivity index (χ2n) is 3.82. The molecule has 92 valence electrons. The minimum atomic E-state index is -0.323. The average molecular weight is 256 g/mol. The van der Waals surface area contributed by atoms with E-state index in [9.17, 15) is 4.79 Å². The molecule has 2 atom stereocenters. The number of benzene rings is 1. The fraction of sp³-hybridized carbons (Fsp3) is 0.364. The lowest BCUT2D eigenvalue weighted by Gasteiger charge is -2.11. The van der Waals surface area contributed by atoms with Crippen molar-refractivity contribution in [2.75, 3.05) is 7.11 Å². The summed E-state index contributed by atoms with van der Waals surface area (Å²) in [7, 11) is 1.41. The van der Waals surface area contributed by atoms with E-state index in [0.717, 1.165) is 5.56 Å². The smallest absolute Gasteiger partial charge is 0.262 e. The van der Waals surface area contributed by atoms with Crippen molar-refractivity contribution >= 4 is 17.5 Å². The van der Waals surface area contributed by atoms with Gasteiger partial charge in [-0.05, 0) is 18.1 Å². The topological polar surface area (TPSA) is 62.4 Å². The first-order valence-electron chi connectivity index (χ1n) is 5.30. The number of carbonyl (C=O) groups is 1. The third-order valence-corrected chi connectivity index (χ3v) is 3.05. The molecule has 0 aliphatic carbocycles. The molecule has 3 N–H and O–H groups in total. The lowest BCUT2D eigenvalue weighted by atomic mass is 10.0. The van der Waals surface area contributed by atoms with Gasteiger partial charge in [-0.2, -0.15) is 0 Å². The van der Waals surface area contributed by atoms with Crippen molar-refractivity contribution < 1.29 is 9.63 Å². The van der Waals surface area contributed by atoms with Gasteiger partial charge in [-0.3, -0.25) is 9.63 Å².